The Morgan fingerprint density at radius 2 is 2.00 bits per heavy atom. The normalized spacial score (nSPS) is 19.1. The van der Waals surface area contributed by atoms with Crippen LogP contribution in [0.4, 0.5) is 5.69 Å². The minimum absolute atomic E-state index is 0.115. The first-order valence-corrected chi connectivity index (χ1v) is 10.8. The lowest BCUT2D eigenvalue weighted by atomic mass is 10.1. The van der Waals surface area contributed by atoms with Gasteiger partial charge in [0.25, 0.3) is 11.8 Å². The van der Waals surface area contributed by atoms with Crippen LogP contribution >= 0.6 is 11.8 Å². The molecule has 2 aliphatic heterocycles. The van der Waals surface area contributed by atoms with Crippen LogP contribution in [-0.2, 0) is 24.9 Å². The molecule has 1 aromatic carbocycles. The quantitative estimate of drug-likeness (QED) is 0.683. The highest BCUT2D eigenvalue weighted by Crippen LogP contribution is 2.38. The molecule has 7 nitrogen and oxygen atoms in total. The number of rotatable bonds is 7. The van der Waals surface area contributed by atoms with Crippen molar-refractivity contribution in [1.82, 2.24) is 4.90 Å². The Morgan fingerprint density at radius 3 is 2.63 bits per heavy atom. The summed E-state index contributed by atoms with van der Waals surface area (Å²) < 4.78 is 11.0. The summed E-state index contributed by atoms with van der Waals surface area (Å²) in [6.45, 7) is 2.35. The molecule has 0 radical (unpaired) electrons. The SMILES string of the molecule is CC(=O)Nc1ccc(C2=C(SCc3ccco3)C(=O)N(CC3CCCO3)C2=O)cc1. The summed E-state index contributed by atoms with van der Waals surface area (Å²) in [4.78, 5) is 39.3. The number of imide groups is 1. The van der Waals surface area contributed by atoms with Crippen LogP contribution in [0.3, 0.4) is 0 Å². The molecular formula is C22H22N2O5S. The molecular weight excluding hydrogens is 404 g/mol. The van der Waals surface area contributed by atoms with Crippen LogP contribution in [0.1, 0.15) is 31.1 Å². The van der Waals surface area contributed by atoms with E-state index in [9.17, 15) is 14.4 Å². The number of nitrogens with zero attached hydrogens (tertiary/aromatic N) is 1. The van der Waals surface area contributed by atoms with Crippen molar-refractivity contribution in [2.24, 2.45) is 0 Å². The third kappa shape index (κ3) is 4.34. The zero-order valence-electron chi connectivity index (χ0n) is 16.6. The highest BCUT2D eigenvalue weighted by Gasteiger charge is 2.40. The smallest absolute Gasteiger partial charge is 0.268 e. The van der Waals surface area contributed by atoms with E-state index in [0.29, 0.717) is 34.1 Å². The van der Waals surface area contributed by atoms with Crippen molar-refractivity contribution < 1.29 is 23.5 Å². The molecule has 3 heterocycles. The van der Waals surface area contributed by atoms with Gasteiger partial charge in [-0.05, 0) is 42.7 Å². The summed E-state index contributed by atoms with van der Waals surface area (Å²) in [5, 5.41) is 2.70. The summed E-state index contributed by atoms with van der Waals surface area (Å²) in [6.07, 6.45) is 3.24. The Morgan fingerprint density at radius 1 is 1.20 bits per heavy atom. The first-order valence-electron chi connectivity index (χ1n) is 9.78. The largest absolute Gasteiger partial charge is 0.468 e. The van der Waals surface area contributed by atoms with Crippen LogP contribution in [0.2, 0.25) is 0 Å². The predicted molar refractivity (Wildman–Crippen MR) is 113 cm³/mol. The van der Waals surface area contributed by atoms with Crippen molar-refractivity contribution in [1.29, 1.82) is 0 Å². The van der Waals surface area contributed by atoms with Gasteiger partial charge in [-0.15, -0.1) is 11.8 Å². The molecule has 1 unspecified atom stereocenters. The number of carbonyl (C=O) groups is 3. The minimum atomic E-state index is -0.315. The van der Waals surface area contributed by atoms with E-state index < -0.39 is 0 Å². The first kappa shape index (κ1) is 20.4. The Kier molecular flexibility index (Phi) is 6.06. The van der Waals surface area contributed by atoms with Gasteiger partial charge in [-0.2, -0.15) is 0 Å². The highest BCUT2D eigenvalue weighted by molar-refractivity contribution is 8.03. The van der Waals surface area contributed by atoms with Gasteiger partial charge in [0.2, 0.25) is 5.91 Å². The van der Waals surface area contributed by atoms with Gasteiger partial charge in [-0.3, -0.25) is 19.3 Å². The number of anilines is 1. The van der Waals surface area contributed by atoms with Crippen LogP contribution in [0.25, 0.3) is 5.57 Å². The van der Waals surface area contributed by atoms with E-state index in [1.54, 1.807) is 36.6 Å². The van der Waals surface area contributed by atoms with Crippen molar-refractivity contribution in [2.75, 3.05) is 18.5 Å². The molecule has 8 heteroatoms. The van der Waals surface area contributed by atoms with Gasteiger partial charge in [-0.1, -0.05) is 12.1 Å². The van der Waals surface area contributed by atoms with E-state index in [-0.39, 0.29) is 30.4 Å². The Balaban J connectivity index is 1.62. The van der Waals surface area contributed by atoms with Crippen LogP contribution < -0.4 is 5.32 Å². The van der Waals surface area contributed by atoms with Gasteiger partial charge in [0.05, 0.1) is 35.1 Å². The van der Waals surface area contributed by atoms with Gasteiger partial charge < -0.3 is 14.5 Å². The molecule has 2 aromatic rings. The van der Waals surface area contributed by atoms with Crippen LogP contribution in [0, 0.1) is 0 Å². The average Bonchev–Trinajstić information content (AvgIpc) is 3.46. The summed E-state index contributed by atoms with van der Waals surface area (Å²) in [7, 11) is 0. The van der Waals surface area contributed by atoms with E-state index in [4.69, 9.17) is 9.15 Å². The fourth-order valence-corrected chi connectivity index (χ4v) is 4.60. The molecule has 156 valence electrons. The Hall–Kier alpha value is -2.84. The molecule has 0 bridgehead atoms. The number of hydrogen-bond donors (Lipinski definition) is 1. The zero-order chi connectivity index (χ0) is 21.1. The number of hydrogen-bond acceptors (Lipinski definition) is 6. The standard InChI is InChI=1S/C22H22N2O5S/c1-14(25)23-16-8-6-15(7-9-16)19-20(30-13-18-5-3-11-29-18)22(27)24(21(19)26)12-17-4-2-10-28-17/h3,5-9,11,17H,2,4,10,12-13H2,1H3,(H,23,25). The first-order chi connectivity index (χ1) is 14.5. The number of benzene rings is 1. The maximum Gasteiger partial charge on any atom is 0.268 e. The lowest BCUT2D eigenvalue weighted by molar-refractivity contribution is -0.138. The van der Waals surface area contributed by atoms with E-state index in [1.165, 1.54) is 23.6 Å². The summed E-state index contributed by atoms with van der Waals surface area (Å²) in [5.41, 5.74) is 1.65. The maximum absolute atomic E-state index is 13.2. The van der Waals surface area contributed by atoms with Crippen molar-refractivity contribution in [2.45, 2.75) is 31.6 Å². The fraction of sp³-hybridized carbons (Fsp3) is 0.318. The topological polar surface area (TPSA) is 88.8 Å². The van der Waals surface area contributed by atoms with Crippen molar-refractivity contribution in [3.05, 3.63) is 58.9 Å². The van der Waals surface area contributed by atoms with Crippen LogP contribution in [-0.4, -0.2) is 41.9 Å². The van der Waals surface area contributed by atoms with Gasteiger partial charge in [0.1, 0.15) is 5.76 Å². The molecule has 0 saturated carbocycles. The van der Waals surface area contributed by atoms with Crippen molar-refractivity contribution >= 4 is 40.7 Å². The molecule has 1 saturated heterocycles. The van der Waals surface area contributed by atoms with Crippen LogP contribution in [0.5, 0.6) is 0 Å². The van der Waals surface area contributed by atoms with Crippen LogP contribution in [0.15, 0.2) is 52.0 Å². The third-order valence-electron chi connectivity index (χ3n) is 4.97. The van der Waals surface area contributed by atoms with Crippen molar-refractivity contribution in [3.63, 3.8) is 0 Å². The summed E-state index contributed by atoms with van der Waals surface area (Å²) in [6, 6.07) is 10.6. The van der Waals surface area contributed by atoms with Crippen molar-refractivity contribution in [3.8, 4) is 0 Å². The molecule has 30 heavy (non-hydrogen) atoms. The Bertz CT molecular complexity index is 975. The molecule has 2 aliphatic rings. The second kappa shape index (κ2) is 8.89. The number of nitrogens with one attached hydrogen (secondary N) is 1. The second-order valence-electron chi connectivity index (χ2n) is 7.19. The lowest BCUT2D eigenvalue weighted by Crippen LogP contribution is -2.37. The molecule has 0 spiro atoms. The van der Waals surface area contributed by atoms with E-state index in [1.807, 2.05) is 6.07 Å². The van der Waals surface area contributed by atoms with Gasteiger partial charge >= 0.3 is 0 Å². The van der Waals surface area contributed by atoms with Gasteiger partial charge in [0, 0.05) is 19.2 Å². The maximum atomic E-state index is 13.2. The molecule has 4 rings (SSSR count). The number of carbonyl (C=O) groups excluding carboxylic acids is 3. The monoisotopic (exact) mass is 426 g/mol. The summed E-state index contributed by atoms with van der Waals surface area (Å²) >= 11 is 1.30. The molecule has 1 fully saturated rings. The molecule has 1 atom stereocenters. The van der Waals surface area contributed by atoms with Gasteiger partial charge in [0.15, 0.2) is 0 Å². The Labute approximate surface area is 178 Å². The molecule has 1 N–H and O–H groups in total. The zero-order valence-corrected chi connectivity index (χ0v) is 17.4. The lowest BCUT2D eigenvalue weighted by Gasteiger charge is -2.19. The minimum Gasteiger partial charge on any atom is -0.468 e. The van der Waals surface area contributed by atoms with E-state index in [2.05, 4.69) is 5.32 Å². The second-order valence-corrected chi connectivity index (χ2v) is 8.17. The average molecular weight is 426 g/mol. The third-order valence-corrected chi connectivity index (χ3v) is 6.06. The molecule has 3 amide bonds. The van der Waals surface area contributed by atoms with E-state index >= 15 is 0 Å². The van der Waals surface area contributed by atoms with E-state index in [0.717, 1.165) is 18.6 Å². The predicted octanol–water partition coefficient (Wildman–Crippen LogP) is 3.43. The fourth-order valence-electron chi connectivity index (χ4n) is 3.56. The molecule has 1 aromatic heterocycles. The highest BCUT2D eigenvalue weighted by atomic mass is 32.2. The molecule has 0 aliphatic carbocycles. The number of amides is 3. The number of furan rings is 1. The number of thioether (sulfide) groups is 1. The van der Waals surface area contributed by atoms with Gasteiger partial charge in [-0.25, -0.2) is 0 Å². The summed E-state index contributed by atoms with van der Waals surface area (Å²) in [5.74, 6) is 0.387. The number of ether oxygens (including phenoxy) is 1.